The minimum Gasteiger partial charge on any atom is -0.507 e. The fourth-order valence-electron chi connectivity index (χ4n) is 1.86. The summed E-state index contributed by atoms with van der Waals surface area (Å²) in [4.78, 5) is 14.0. The first-order valence-electron chi connectivity index (χ1n) is 6.45. The van der Waals surface area contributed by atoms with Gasteiger partial charge in [-0.1, -0.05) is 12.1 Å². The van der Waals surface area contributed by atoms with Gasteiger partial charge in [0.1, 0.15) is 11.6 Å². The van der Waals surface area contributed by atoms with Crippen molar-refractivity contribution in [3.05, 3.63) is 71.6 Å². The molecule has 2 aromatic carbocycles. The van der Waals surface area contributed by atoms with Gasteiger partial charge in [0.2, 0.25) is 0 Å². The van der Waals surface area contributed by atoms with E-state index in [0.29, 0.717) is 5.56 Å². The molecular formula is C17H16FNO2. The number of ketones is 1. The number of anilines is 1. The van der Waals surface area contributed by atoms with E-state index < -0.39 is 5.82 Å². The molecule has 21 heavy (non-hydrogen) atoms. The molecule has 0 amide bonds. The molecule has 3 nitrogen and oxygen atoms in total. The van der Waals surface area contributed by atoms with Gasteiger partial charge in [-0.3, -0.25) is 4.79 Å². The van der Waals surface area contributed by atoms with Crippen LogP contribution in [0.3, 0.4) is 0 Å². The Balaban J connectivity index is 2.22. The van der Waals surface area contributed by atoms with Crippen LogP contribution in [0.15, 0.2) is 54.6 Å². The Kier molecular flexibility index (Phi) is 4.38. The molecule has 0 fully saturated rings. The van der Waals surface area contributed by atoms with Crippen LogP contribution >= 0.6 is 0 Å². The summed E-state index contributed by atoms with van der Waals surface area (Å²) in [6.45, 7) is 0. The van der Waals surface area contributed by atoms with Gasteiger partial charge in [0.25, 0.3) is 0 Å². The van der Waals surface area contributed by atoms with Crippen LogP contribution in [-0.4, -0.2) is 25.0 Å². The van der Waals surface area contributed by atoms with Gasteiger partial charge in [-0.25, -0.2) is 4.39 Å². The molecule has 108 valence electrons. The molecule has 0 aliphatic rings. The van der Waals surface area contributed by atoms with Crippen molar-refractivity contribution in [1.82, 2.24) is 0 Å². The lowest BCUT2D eigenvalue weighted by Crippen LogP contribution is -2.08. The number of carbonyl (C=O) groups is 1. The molecule has 0 aliphatic heterocycles. The molecule has 0 bridgehead atoms. The van der Waals surface area contributed by atoms with Crippen LogP contribution in [0.5, 0.6) is 0 Å². The third kappa shape index (κ3) is 3.69. The Bertz CT molecular complexity index is 675. The van der Waals surface area contributed by atoms with Crippen molar-refractivity contribution in [1.29, 1.82) is 0 Å². The highest BCUT2D eigenvalue weighted by atomic mass is 19.1. The predicted molar refractivity (Wildman–Crippen MR) is 82.1 cm³/mol. The lowest BCUT2D eigenvalue weighted by molar-refractivity contribution is 0.104. The highest BCUT2D eigenvalue weighted by molar-refractivity contribution is 6.07. The molecule has 0 saturated heterocycles. The number of allylic oxidation sites excluding steroid dienone is 1. The highest BCUT2D eigenvalue weighted by Gasteiger charge is 2.07. The Morgan fingerprint density at radius 1 is 1.10 bits per heavy atom. The van der Waals surface area contributed by atoms with E-state index in [1.807, 2.05) is 31.1 Å². The number of halogens is 1. The van der Waals surface area contributed by atoms with Crippen LogP contribution < -0.4 is 4.90 Å². The topological polar surface area (TPSA) is 40.5 Å². The zero-order chi connectivity index (χ0) is 15.4. The van der Waals surface area contributed by atoms with Gasteiger partial charge in [0.05, 0.1) is 0 Å². The average Bonchev–Trinajstić information content (AvgIpc) is 2.47. The lowest BCUT2D eigenvalue weighted by atomic mass is 10.1. The fourth-order valence-corrected chi connectivity index (χ4v) is 1.86. The number of aliphatic hydroxyl groups excluding tert-OH is 1. The summed E-state index contributed by atoms with van der Waals surface area (Å²) >= 11 is 0. The fraction of sp³-hybridized carbons (Fsp3) is 0.118. The van der Waals surface area contributed by atoms with E-state index in [1.54, 1.807) is 12.1 Å². The van der Waals surface area contributed by atoms with Crippen molar-refractivity contribution in [2.75, 3.05) is 19.0 Å². The van der Waals surface area contributed by atoms with E-state index >= 15 is 0 Å². The molecule has 0 atom stereocenters. The summed E-state index contributed by atoms with van der Waals surface area (Å²) < 4.78 is 13.1. The van der Waals surface area contributed by atoms with E-state index in [9.17, 15) is 14.3 Å². The summed E-state index contributed by atoms with van der Waals surface area (Å²) in [5.74, 6) is -1.05. The largest absolute Gasteiger partial charge is 0.507 e. The third-order valence-corrected chi connectivity index (χ3v) is 3.06. The lowest BCUT2D eigenvalue weighted by Gasteiger charge is -2.12. The number of hydrogen-bond acceptors (Lipinski definition) is 3. The van der Waals surface area contributed by atoms with E-state index in [2.05, 4.69) is 0 Å². The van der Waals surface area contributed by atoms with Crippen LogP contribution in [0, 0.1) is 5.82 Å². The SMILES string of the molecule is CN(C)c1ccc(C(=O)/C=C(\O)c2cccc(F)c2)cc1. The summed E-state index contributed by atoms with van der Waals surface area (Å²) in [6.07, 6.45) is 1.10. The molecule has 4 heteroatoms. The van der Waals surface area contributed by atoms with Gasteiger partial charge < -0.3 is 10.0 Å². The van der Waals surface area contributed by atoms with Crippen molar-refractivity contribution in [2.45, 2.75) is 0 Å². The molecular weight excluding hydrogens is 269 g/mol. The van der Waals surface area contributed by atoms with Crippen molar-refractivity contribution in [2.24, 2.45) is 0 Å². The monoisotopic (exact) mass is 285 g/mol. The van der Waals surface area contributed by atoms with Crippen LogP contribution in [0.4, 0.5) is 10.1 Å². The Hall–Kier alpha value is -2.62. The van der Waals surface area contributed by atoms with E-state index in [1.165, 1.54) is 24.3 Å². The van der Waals surface area contributed by atoms with E-state index in [0.717, 1.165) is 11.8 Å². The standard InChI is InChI=1S/C17H16FNO2/c1-19(2)15-8-6-12(7-9-15)16(20)11-17(21)13-4-3-5-14(18)10-13/h3-11,21H,1-2H3/b17-11-. The number of benzene rings is 2. The number of nitrogens with zero attached hydrogens (tertiary/aromatic N) is 1. The van der Waals surface area contributed by atoms with Gasteiger partial charge in [-0.2, -0.15) is 0 Å². The van der Waals surface area contributed by atoms with Gasteiger partial charge in [0, 0.05) is 37.0 Å². The second-order valence-corrected chi connectivity index (χ2v) is 4.85. The first kappa shape index (κ1) is 14.8. The van der Waals surface area contributed by atoms with Gasteiger partial charge in [-0.15, -0.1) is 0 Å². The van der Waals surface area contributed by atoms with Crippen molar-refractivity contribution in [3.8, 4) is 0 Å². The zero-order valence-electron chi connectivity index (χ0n) is 11.9. The van der Waals surface area contributed by atoms with Crippen LogP contribution in [0.1, 0.15) is 15.9 Å². The van der Waals surface area contributed by atoms with E-state index in [4.69, 9.17) is 0 Å². The average molecular weight is 285 g/mol. The molecule has 0 unspecified atom stereocenters. The summed E-state index contributed by atoms with van der Waals surface area (Å²) in [6, 6.07) is 12.5. The molecule has 0 saturated carbocycles. The number of rotatable bonds is 4. The summed E-state index contributed by atoms with van der Waals surface area (Å²) in [5, 5.41) is 9.88. The van der Waals surface area contributed by atoms with Crippen LogP contribution in [0.2, 0.25) is 0 Å². The highest BCUT2D eigenvalue weighted by Crippen LogP contribution is 2.16. The second-order valence-electron chi connectivity index (χ2n) is 4.85. The first-order chi connectivity index (χ1) is 9.97. The minimum absolute atomic E-state index is 0.254. The number of carbonyl (C=O) groups excluding carboxylic acids is 1. The van der Waals surface area contributed by atoms with Gasteiger partial charge in [-0.05, 0) is 36.4 Å². The van der Waals surface area contributed by atoms with E-state index in [-0.39, 0.29) is 17.1 Å². The Morgan fingerprint density at radius 2 is 1.76 bits per heavy atom. The van der Waals surface area contributed by atoms with Crippen LogP contribution in [0.25, 0.3) is 5.76 Å². The maximum atomic E-state index is 13.1. The van der Waals surface area contributed by atoms with Crippen molar-refractivity contribution < 1.29 is 14.3 Å². The molecule has 0 spiro atoms. The third-order valence-electron chi connectivity index (χ3n) is 3.06. The molecule has 0 heterocycles. The van der Waals surface area contributed by atoms with Crippen molar-refractivity contribution >= 4 is 17.2 Å². The quantitative estimate of drug-likeness (QED) is 0.529. The normalized spacial score (nSPS) is 11.3. The predicted octanol–water partition coefficient (Wildman–Crippen LogP) is 3.67. The Morgan fingerprint density at radius 3 is 2.33 bits per heavy atom. The van der Waals surface area contributed by atoms with Gasteiger partial charge >= 0.3 is 0 Å². The first-order valence-corrected chi connectivity index (χ1v) is 6.45. The molecule has 0 aliphatic carbocycles. The zero-order valence-corrected chi connectivity index (χ0v) is 11.9. The molecule has 2 aromatic rings. The number of aliphatic hydroxyl groups is 1. The molecule has 1 N–H and O–H groups in total. The van der Waals surface area contributed by atoms with Gasteiger partial charge in [0.15, 0.2) is 5.78 Å². The second kappa shape index (κ2) is 6.22. The molecule has 2 rings (SSSR count). The smallest absolute Gasteiger partial charge is 0.189 e. The molecule has 0 aromatic heterocycles. The number of hydrogen-bond donors (Lipinski definition) is 1. The van der Waals surface area contributed by atoms with Crippen LogP contribution in [-0.2, 0) is 0 Å². The summed E-state index contributed by atoms with van der Waals surface area (Å²) in [7, 11) is 3.82. The maximum absolute atomic E-state index is 13.1. The minimum atomic E-state index is -0.463. The maximum Gasteiger partial charge on any atom is 0.189 e. The molecule has 0 radical (unpaired) electrons. The summed E-state index contributed by atoms with van der Waals surface area (Å²) in [5.41, 5.74) is 1.71. The Labute approximate surface area is 123 Å². The van der Waals surface area contributed by atoms with Crippen molar-refractivity contribution in [3.63, 3.8) is 0 Å².